The Balaban J connectivity index is 1.28. The van der Waals surface area contributed by atoms with Crippen LogP contribution < -0.4 is 10.1 Å². The van der Waals surface area contributed by atoms with Gasteiger partial charge in [0.1, 0.15) is 17.1 Å². The predicted octanol–water partition coefficient (Wildman–Crippen LogP) is 4.50. The van der Waals surface area contributed by atoms with Gasteiger partial charge in [-0.3, -0.25) is 9.47 Å². The van der Waals surface area contributed by atoms with Crippen LogP contribution >= 0.6 is 11.8 Å². The van der Waals surface area contributed by atoms with Crippen LogP contribution in [0.3, 0.4) is 0 Å². The third kappa shape index (κ3) is 5.11. The highest BCUT2D eigenvalue weighted by molar-refractivity contribution is 7.98. The lowest BCUT2D eigenvalue weighted by Gasteiger charge is -2.34. The van der Waals surface area contributed by atoms with Gasteiger partial charge in [0.25, 0.3) is 0 Å². The average Bonchev–Trinajstić information content (AvgIpc) is 3.27. The molecular weight excluding hydrogens is 460 g/mol. The lowest BCUT2D eigenvalue weighted by Crippen LogP contribution is -2.49. The van der Waals surface area contributed by atoms with E-state index in [-0.39, 0.29) is 6.03 Å². The van der Waals surface area contributed by atoms with E-state index in [4.69, 9.17) is 9.72 Å². The molecule has 1 aliphatic rings. The molecule has 180 valence electrons. The molecule has 1 N–H and O–H groups in total. The van der Waals surface area contributed by atoms with E-state index in [9.17, 15) is 4.79 Å². The minimum absolute atomic E-state index is 0.0578. The zero-order chi connectivity index (χ0) is 24.2. The minimum Gasteiger partial charge on any atom is -0.497 e. The number of carbonyl (C=O) groups excluding carboxylic acids is 1. The fourth-order valence-corrected chi connectivity index (χ4v) is 4.74. The maximum atomic E-state index is 12.8. The highest BCUT2D eigenvalue weighted by atomic mass is 32.2. The quantitative estimate of drug-likeness (QED) is 0.403. The summed E-state index contributed by atoms with van der Waals surface area (Å²) in [6.07, 6.45) is 3.82. The summed E-state index contributed by atoms with van der Waals surface area (Å²) in [5.41, 5.74) is 3.51. The first-order valence-corrected chi connectivity index (χ1v) is 12.8. The Morgan fingerprint density at radius 3 is 2.60 bits per heavy atom. The molecule has 5 rings (SSSR count). The summed E-state index contributed by atoms with van der Waals surface area (Å²) < 4.78 is 7.42. The van der Waals surface area contributed by atoms with Gasteiger partial charge in [-0.05, 0) is 60.9 Å². The van der Waals surface area contributed by atoms with Crippen LogP contribution in [0, 0.1) is 0 Å². The molecule has 2 aromatic carbocycles. The molecule has 2 amide bonds. The highest BCUT2D eigenvalue weighted by Gasteiger charge is 2.23. The second-order valence-electron chi connectivity index (χ2n) is 8.33. The van der Waals surface area contributed by atoms with Crippen molar-refractivity contribution < 1.29 is 9.53 Å². The van der Waals surface area contributed by atoms with Gasteiger partial charge in [-0.2, -0.15) is 0 Å². The zero-order valence-corrected chi connectivity index (χ0v) is 20.7. The number of nitrogens with one attached hydrogen (secondary N) is 1. The number of methoxy groups -OCH3 is 1. The van der Waals surface area contributed by atoms with Gasteiger partial charge in [-0.25, -0.2) is 14.8 Å². The molecule has 1 fully saturated rings. The SMILES string of the molecule is COc1ccc(-n2c(CN3CCN(C(=O)Nc4cccc(SC)c4)CC3)nc3cccnc32)cc1. The van der Waals surface area contributed by atoms with Crippen LogP contribution in [0.25, 0.3) is 16.9 Å². The average molecular weight is 489 g/mol. The predicted molar refractivity (Wildman–Crippen MR) is 140 cm³/mol. The Morgan fingerprint density at radius 1 is 1.06 bits per heavy atom. The number of hydrogen-bond acceptors (Lipinski definition) is 6. The van der Waals surface area contributed by atoms with Crippen LogP contribution in [0.15, 0.2) is 71.8 Å². The van der Waals surface area contributed by atoms with Gasteiger partial charge in [-0.15, -0.1) is 11.8 Å². The molecule has 0 atom stereocenters. The number of ether oxygens (including phenoxy) is 1. The highest BCUT2D eigenvalue weighted by Crippen LogP contribution is 2.24. The first kappa shape index (κ1) is 23.2. The van der Waals surface area contributed by atoms with Gasteiger partial charge in [0.15, 0.2) is 5.65 Å². The van der Waals surface area contributed by atoms with Crippen molar-refractivity contribution in [3.05, 3.63) is 72.7 Å². The molecule has 0 aliphatic carbocycles. The van der Waals surface area contributed by atoms with Crippen LogP contribution in [0.5, 0.6) is 5.75 Å². The third-order valence-electron chi connectivity index (χ3n) is 6.16. The monoisotopic (exact) mass is 488 g/mol. The van der Waals surface area contributed by atoms with Gasteiger partial charge in [-0.1, -0.05) is 6.07 Å². The second-order valence-corrected chi connectivity index (χ2v) is 9.21. The Morgan fingerprint density at radius 2 is 1.86 bits per heavy atom. The Hall–Kier alpha value is -3.56. The number of carbonyl (C=O) groups is 1. The number of aromatic nitrogens is 3. The summed E-state index contributed by atoms with van der Waals surface area (Å²) in [7, 11) is 1.66. The molecule has 1 aliphatic heterocycles. The van der Waals surface area contributed by atoms with Crippen molar-refractivity contribution in [1.29, 1.82) is 0 Å². The fraction of sp³-hybridized carbons (Fsp3) is 0.269. The molecule has 9 heteroatoms. The number of nitrogens with zero attached hydrogens (tertiary/aromatic N) is 5. The number of urea groups is 1. The van der Waals surface area contributed by atoms with E-state index in [1.807, 2.05) is 71.8 Å². The first-order chi connectivity index (χ1) is 17.1. The van der Waals surface area contributed by atoms with Crippen LogP contribution in [-0.2, 0) is 6.54 Å². The van der Waals surface area contributed by atoms with Crippen molar-refractivity contribution >= 4 is 34.6 Å². The second kappa shape index (κ2) is 10.4. The lowest BCUT2D eigenvalue weighted by atomic mass is 10.3. The van der Waals surface area contributed by atoms with Gasteiger partial charge < -0.3 is 15.0 Å². The largest absolute Gasteiger partial charge is 0.497 e. The maximum Gasteiger partial charge on any atom is 0.321 e. The van der Waals surface area contributed by atoms with Crippen LogP contribution in [-0.4, -0.2) is 69.9 Å². The van der Waals surface area contributed by atoms with E-state index in [0.717, 1.165) is 52.1 Å². The number of benzene rings is 2. The third-order valence-corrected chi connectivity index (χ3v) is 6.89. The van der Waals surface area contributed by atoms with Gasteiger partial charge in [0.2, 0.25) is 0 Å². The van der Waals surface area contributed by atoms with E-state index >= 15 is 0 Å². The summed E-state index contributed by atoms with van der Waals surface area (Å²) >= 11 is 1.66. The van der Waals surface area contributed by atoms with Crippen molar-refractivity contribution in [2.45, 2.75) is 11.4 Å². The molecule has 8 nitrogen and oxygen atoms in total. The number of amides is 2. The molecule has 0 radical (unpaired) electrons. The van der Waals surface area contributed by atoms with Crippen molar-refractivity contribution in [2.75, 3.05) is 44.9 Å². The van der Waals surface area contributed by atoms with Crippen LogP contribution in [0.4, 0.5) is 10.5 Å². The number of pyridine rings is 1. The Bertz CT molecular complexity index is 1320. The van der Waals surface area contributed by atoms with Crippen LogP contribution in [0.2, 0.25) is 0 Å². The maximum absolute atomic E-state index is 12.8. The molecule has 0 spiro atoms. The van der Waals surface area contributed by atoms with E-state index in [0.29, 0.717) is 19.6 Å². The van der Waals surface area contributed by atoms with Crippen molar-refractivity contribution in [3.63, 3.8) is 0 Å². The summed E-state index contributed by atoms with van der Waals surface area (Å²) in [5.74, 6) is 1.73. The Labute approximate surface area is 208 Å². The Kier molecular flexibility index (Phi) is 6.87. The number of fused-ring (bicyclic) bond motifs is 1. The number of hydrogen-bond donors (Lipinski definition) is 1. The molecule has 2 aromatic heterocycles. The normalized spacial score (nSPS) is 14.3. The number of piperazine rings is 1. The van der Waals surface area contributed by atoms with E-state index in [2.05, 4.69) is 19.8 Å². The molecule has 4 aromatic rings. The standard InChI is InChI=1S/C26H28N6O2S/c1-34-21-10-8-20(9-11-21)32-24(29-23-7-4-12-27-25(23)32)18-30-13-15-31(16-14-30)26(33)28-19-5-3-6-22(17-19)35-2/h3-12,17H,13-16,18H2,1-2H3,(H,28,33). The molecule has 35 heavy (non-hydrogen) atoms. The summed E-state index contributed by atoms with van der Waals surface area (Å²) in [4.78, 5) is 27.6. The lowest BCUT2D eigenvalue weighted by molar-refractivity contribution is 0.140. The summed E-state index contributed by atoms with van der Waals surface area (Å²) in [6.45, 7) is 3.55. The molecule has 1 saturated heterocycles. The first-order valence-electron chi connectivity index (χ1n) is 11.5. The van der Waals surface area contributed by atoms with Crippen molar-refractivity contribution in [3.8, 4) is 11.4 Å². The van der Waals surface area contributed by atoms with Gasteiger partial charge in [0.05, 0.1) is 13.7 Å². The number of rotatable bonds is 6. The molecule has 3 heterocycles. The summed E-state index contributed by atoms with van der Waals surface area (Å²) in [5, 5.41) is 3.03. The molecule has 0 bridgehead atoms. The van der Waals surface area contributed by atoms with E-state index in [1.165, 1.54) is 0 Å². The zero-order valence-electron chi connectivity index (χ0n) is 19.8. The minimum atomic E-state index is -0.0578. The van der Waals surface area contributed by atoms with Crippen LogP contribution in [0.1, 0.15) is 5.82 Å². The molecular formula is C26H28N6O2S. The van der Waals surface area contributed by atoms with Crippen molar-refractivity contribution in [1.82, 2.24) is 24.3 Å². The molecule has 0 saturated carbocycles. The molecule has 0 unspecified atom stereocenters. The van der Waals surface area contributed by atoms with Crippen molar-refractivity contribution in [2.24, 2.45) is 0 Å². The summed E-state index contributed by atoms with van der Waals surface area (Å²) in [6, 6.07) is 19.7. The van der Waals surface area contributed by atoms with Gasteiger partial charge in [0, 0.05) is 48.6 Å². The number of anilines is 1. The smallest absolute Gasteiger partial charge is 0.321 e. The number of imidazole rings is 1. The number of thioether (sulfide) groups is 1. The van der Waals surface area contributed by atoms with Gasteiger partial charge >= 0.3 is 6.03 Å². The topological polar surface area (TPSA) is 75.5 Å². The fourth-order valence-electron chi connectivity index (χ4n) is 4.28. The van der Waals surface area contributed by atoms with E-state index in [1.54, 1.807) is 25.1 Å². The van der Waals surface area contributed by atoms with E-state index < -0.39 is 0 Å².